The molecule has 0 saturated carbocycles. The first kappa shape index (κ1) is 16.6. The van der Waals surface area contributed by atoms with E-state index in [-0.39, 0.29) is 12.4 Å². The molecule has 1 aliphatic rings. The maximum Gasteiger partial charge on any atom is 0.222 e. The minimum absolute atomic E-state index is 0.252. The lowest BCUT2D eigenvalue weighted by Gasteiger charge is -2.27. The molecule has 7 heteroatoms. The van der Waals surface area contributed by atoms with Crippen LogP contribution >= 0.6 is 11.8 Å². The quantitative estimate of drug-likeness (QED) is 0.621. The molecule has 4 N–H and O–H groups in total. The molecule has 1 amide bonds. The van der Waals surface area contributed by atoms with Crippen LogP contribution in [0.3, 0.4) is 0 Å². The van der Waals surface area contributed by atoms with E-state index in [9.17, 15) is 9.18 Å². The summed E-state index contributed by atoms with van der Waals surface area (Å²) in [4.78, 5) is 17.9. The summed E-state index contributed by atoms with van der Waals surface area (Å²) < 4.78 is 12.9. The van der Waals surface area contributed by atoms with Crippen LogP contribution in [0.1, 0.15) is 5.56 Å². The van der Waals surface area contributed by atoms with Crippen LogP contribution < -0.4 is 11.5 Å². The normalized spacial score (nSPS) is 17.3. The van der Waals surface area contributed by atoms with Crippen LogP contribution in [-0.4, -0.2) is 47.9 Å². The predicted molar refractivity (Wildman–Crippen MR) is 88.2 cm³/mol. The van der Waals surface area contributed by atoms with Crippen LogP contribution in [0.4, 0.5) is 4.39 Å². The van der Waals surface area contributed by atoms with Crippen molar-refractivity contribution in [2.45, 2.75) is 6.42 Å². The van der Waals surface area contributed by atoms with E-state index in [1.54, 1.807) is 12.1 Å². The zero-order valence-electron chi connectivity index (χ0n) is 12.4. The van der Waals surface area contributed by atoms with Crippen molar-refractivity contribution in [1.29, 1.82) is 0 Å². The maximum atomic E-state index is 12.9. The van der Waals surface area contributed by atoms with Gasteiger partial charge < -0.3 is 16.4 Å². The molecule has 1 aromatic carbocycles. The second kappa shape index (κ2) is 8.03. The molecule has 1 aliphatic heterocycles. The zero-order chi connectivity index (χ0) is 15.9. The van der Waals surface area contributed by atoms with Crippen molar-refractivity contribution >= 4 is 23.6 Å². The third kappa shape index (κ3) is 4.91. The third-order valence-corrected chi connectivity index (χ3v) is 4.55. The SMILES string of the molecule is NC(=O)C(CN=C(N)N1CCSCC1)Cc1ccc(F)cc1. The number of carbonyl (C=O) groups is 1. The number of primary amides is 1. The van der Waals surface area contributed by atoms with Gasteiger partial charge in [-0.25, -0.2) is 4.39 Å². The fourth-order valence-electron chi connectivity index (χ4n) is 2.26. The van der Waals surface area contributed by atoms with Crippen LogP contribution in [0.2, 0.25) is 0 Å². The van der Waals surface area contributed by atoms with Crippen LogP contribution in [0.25, 0.3) is 0 Å². The van der Waals surface area contributed by atoms with Gasteiger partial charge in [0.25, 0.3) is 0 Å². The Labute approximate surface area is 133 Å². The van der Waals surface area contributed by atoms with Gasteiger partial charge in [0.15, 0.2) is 5.96 Å². The van der Waals surface area contributed by atoms with Crippen molar-refractivity contribution in [3.8, 4) is 0 Å². The highest BCUT2D eigenvalue weighted by Crippen LogP contribution is 2.12. The molecular weight excluding hydrogens is 303 g/mol. The Morgan fingerprint density at radius 1 is 1.27 bits per heavy atom. The summed E-state index contributed by atoms with van der Waals surface area (Å²) in [6.45, 7) is 2.00. The van der Waals surface area contributed by atoms with E-state index >= 15 is 0 Å². The molecule has 5 nitrogen and oxygen atoms in total. The molecule has 0 aromatic heterocycles. The van der Waals surface area contributed by atoms with Gasteiger partial charge in [0.05, 0.1) is 12.5 Å². The van der Waals surface area contributed by atoms with Crippen molar-refractivity contribution in [2.75, 3.05) is 31.1 Å². The minimum atomic E-state index is -0.442. The van der Waals surface area contributed by atoms with E-state index in [1.807, 2.05) is 16.7 Å². The summed E-state index contributed by atoms with van der Waals surface area (Å²) in [5.74, 6) is 1.37. The maximum absolute atomic E-state index is 12.9. The van der Waals surface area contributed by atoms with Gasteiger partial charge >= 0.3 is 0 Å². The van der Waals surface area contributed by atoms with Gasteiger partial charge in [-0.2, -0.15) is 11.8 Å². The smallest absolute Gasteiger partial charge is 0.222 e. The molecule has 0 radical (unpaired) electrons. The highest BCUT2D eigenvalue weighted by molar-refractivity contribution is 7.99. The number of aliphatic imine (C=N–C) groups is 1. The van der Waals surface area contributed by atoms with Crippen molar-refractivity contribution in [2.24, 2.45) is 22.4 Å². The molecule has 0 bridgehead atoms. The Morgan fingerprint density at radius 2 is 1.91 bits per heavy atom. The predicted octanol–water partition coefficient (Wildman–Crippen LogP) is 0.833. The van der Waals surface area contributed by atoms with Gasteiger partial charge in [-0.05, 0) is 24.1 Å². The summed E-state index contributed by atoms with van der Waals surface area (Å²) in [5, 5.41) is 0. The van der Waals surface area contributed by atoms with Gasteiger partial charge in [-0.15, -0.1) is 0 Å². The standard InChI is InChI=1S/C15H21FN4OS/c16-13-3-1-11(2-4-13)9-12(14(17)21)10-19-15(18)20-5-7-22-8-6-20/h1-4,12H,5-10H2,(H2,17,21)(H2,18,19). The average Bonchev–Trinajstić information content (AvgIpc) is 2.53. The lowest BCUT2D eigenvalue weighted by molar-refractivity contribution is -0.121. The van der Waals surface area contributed by atoms with Crippen molar-refractivity contribution in [3.63, 3.8) is 0 Å². The largest absolute Gasteiger partial charge is 0.370 e. The van der Waals surface area contributed by atoms with Crippen LogP contribution in [0.5, 0.6) is 0 Å². The number of nitrogens with two attached hydrogens (primary N) is 2. The second-order valence-electron chi connectivity index (χ2n) is 5.23. The molecule has 1 heterocycles. The van der Waals surface area contributed by atoms with Crippen molar-refractivity contribution in [3.05, 3.63) is 35.6 Å². The van der Waals surface area contributed by atoms with Gasteiger partial charge in [0.2, 0.25) is 5.91 Å². The fraction of sp³-hybridized carbons (Fsp3) is 0.467. The Kier molecular flexibility index (Phi) is 6.06. The number of benzene rings is 1. The number of nitrogens with zero attached hydrogens (tertiary/aromatic N) is 2. The fourth-order valence-corrected chi connectivity index (χ4v) is 3.16. The number of hydrogen-bond acceptors (Lipinski definition) is 3. The number of thioether (sulfide) groups is 1. The van der Waals surface area contributed by atoms with Crippen LogP contribution in [0.15, 0.2) is 29.3 Å². The molecule has 0 spiro atoms. The summed E-state index contributed by atoms with van der Waals surface area (Å²) in [6, 6.07) is 6.05. The van der Waals surface area contributed by atoms with Gasteiger partial charge in [-0.3, -0.25) is 9.79 Å². The monoisotopic (exact) mass is 324 g/mol. The summed E-state index contributed by atoms with van der Waals surface area (Å²) in [7, 11) is 0. The highest BCUT2D eigenvalue weighted by Gasteiger charge is 2.17. The molecule has 1 saturated heterocycles. The Bertz CT molecular complexity index is 529. The lowest BCUT2D eigenvalue weighted by atomic mass is 9.99. The summed E-state index contributed by atoms with van der Waals surface area (Å²) in [6.07, 6.45) is 0.433. The van der Waals surface area contributed by atoms with Gasteiger partial charge in [-0.1, -0.05) is 12.1 Å². The van der Waals surface area contributed by atoms with E-state index in [4.69, 9.17) is 11.5 Å². The number of amides is 1. The van der Waals surface area contributed by atoms with Crippen molar-refractivity contribution in [1.82, 2.24) is 4.90 Å². The minimum Gasteiger partial charge on any atom is -0.370 e. The first-order chi connectivity index (χ1) is 10.6. The van der Waals surface area contributed by atoms with E-state index in [0.717, 1.165) is 30.2 Å². The summed E-state index contributed by atoms with van der Waals surface area (Å²) in [5.41, 5.74) is 12.3. The number of guanidine groups is 1. The molecule has 1 atom stereocenters. The van der Waals surface area contributed by atoms with E-state index in [2.05, 4.69) is 4.99 Å². The third-order valence-electron chi connectivity index (χ3n) is 3.61. The highest BCUT2D eigenvalue weighted by atomic mass is 32.2. The first-order valence-electron chi connectivity index (χ1n) is 7.22. The van der Waals surface area contributed by atoms with Crippen molar-refractivity contribution < 1.29 is 9.18 Å². The molecule has 1 aromatic rings. The van der Waals surface area contributed by atoms with E-state index in [1.165, 1.54) is 12.1 Å². The van der Waals surface area contributed by atoms with Crippen LogP contribution in [-0.2, 0) is 11.2 Å². The Hall–Kier alpha value is -1.76. The molecule has 2 rings (SSSR count). The van der Waals surface area contributed by atoms with Crippen LogP contribution in [0, 0.1) is 11.7 Å². The molecular formula is C15H21FN4OS. The number of rotatable bonds is 5. The van der Waals surface area contributed by atoms with Gasteiger partial charge in [0.1, 0.15) is 5.82 Å². The number of halogens is 1. The van der Waals surface area contributed by atoms with E-state index in [0.29, 0.717) is 12.4 Å². The second-order valence-corrected chi connectivity index (χ2v) is 6.45. The topological polar surface area (TPSA) is 84.7 Å². The van der Waals surface area contributed by atoms with E-state index < -0.39 is 11.8 Å². The number of carbonyl (C=O) groups excluding carboxylic acids is 1. The molecule has 120 valence electrons. The molecule has 0 aliphatic carbocycles. The first-order valence-corrected chi connectivity index (χ1v) is 8.38. The van der Waals surface area contributed by atoms with Gasteiger partial charge in [0, 0.05) is 24.6 Å². The number of hydrogen-bond donors (Lipinski definition) is 2. The lowest BCUT2D eigenvalue weighted by Crippen LogP contribution is -2.43. The molecule has 1 unspecified atom stereocenters. The summed E-state index contributed by atoms with van der Waals surface area (Å²) >= 11 is 1.89. The molecule has 22 heavy (non-hydrogen) atoms. The average molecular weight is 324 g/mol. The Morgan fingerprint density at radius 3 is 2.50 bits per heavy atom. The zero-order valence-corrected chi connectivity index (χ0v) is 13.2. The Balaban J connectivity index is 1.96. The molecule has 1 fully saturated rings.